The summed E-state index contributed by atoms with van der Waals surface area (Å²) in [7, 11) is 0. The molecule has 0 amide bonds. The maximum Gasteiger partial charge on any atom is 0.0165 e. The Kier molecular flexibility index (Phi) is 4.74. The third-order valence-electron chi connectivity index (χ3n) is 2.88. The molecular formula is C11H24N2. The maximum absolute atomic E-state index is 5.92. The van der Waals surface area contributed by atoms with Gasteiger partial charge in [0.1, 0.15) is 0 Å². The van der Waals surface area contributed by atoms with E-state index in [1.54, 1.807) is 0 Å². The van der Waals surface area contributed by atoms with Gasteiger partial charge in [-0.25, -0.2) is 0 Å². The van der Waals surface area contributed by atoms with Crippen LogP contribution in [0.3, 0.4) is 0 Å². The largest absolute Gasteiger partial charge is 0.327 e. The average Bonchev–Trinajstić information content (AvgIpc) is 2.82. The van der Waals surface area contributed by atoms with Crippen LogP contribution in [0.2, 0.25) is 0 Å². The van der Waals surface area contributed by atoms with E-state index < -0.39 is 0 Å². The van der Waals surface area contributed by atoms with Gasteiger partial charge in [-0.1, -0.05) is 26.7 Å². The Morgan fingerprint density at radius 2 is 2.15 bits per heavy atom. The maximum atomic E-state index is 5.92. The zero-order valence-corrected chi connectivity index (χ0v) is 9.05. The predicted molar refractivity (Wildman–Crippen MR) is 57.7 cm³/mol. The lowest BCUT2D eigenvalue weighted by molar-refractivity contribution is 0.517. The number of rotatable bonds is 7. The molecule has 2 nitrogen and oxygen atoms in total. The summed E-state index contributed by atoms with van der Waals surface area (Å²) >= 11 is 0. The van der Waals surface area contributed by atoms with Gasteiger partial charge in [0.25, 0.3) is 0 Å². The first-order valence-electron chi connectivity index (χ1n) is 5.76. The standard InChI is InChI=1S/C11H24N2/c1-3-5-9-7-11(9)13-8-10(12)6-4-2/h9-11,13H,3-8,12H2,1-2H3. The first-order chi connectivity index (χ1) is 6.27. The molecule has 78 valence electrons. The van der Waals surface area contributed by atoms with Crippen molar-refractivity contribution in [2.45, 2.75) is 58.0 Å². The van der Waals surface area contributed by atoms with E-state index in [4.69, 9.17) is 5.73 Å². The first-order valence-corrected chi connectivity index (χ1v) is 5.76. The molecule has 0 radical (unpaired) electrons. The summed E-state index contributed by atoms with van der Waals surface area (Å²) in [5, 5.41) is 3.55. The molecule has 3 N–H and O–H groups in total. The number of nitrogens with two attached hydrogens (primary N) is 1. The van der Waals surface area contributed by atoms with Crippen LogP contribution in [0.15, 0.2) is 0 Å². The summed E-state index contributed by atoms with van der Waals surface area (Å²) in [5.74, 6) is 0.957. The van der Waals surface area contributed by atoms with Gasteiger partial charge in [0.05, 0.1) is 0 Å². The molecular weight excluding hydrogens is 160 g/mol. The normalized spacial score (nSPS) is 28.8. The van der Waals surface area contributed by atoms with Gasteiger partial charge in [0.15, 0.2) is 0 Å². The Morgan fingerprint density at radius 1 is 1.38 bits per heavy atom. The molecule has 0 aromatic heterocycles. The molecule has 3 atom stereocenters. The van der Waals surface area contributed by atoms with Crippen molar-refractivity contribution >= 4 is 0 Å². The van der Waals surface area contributed by atoms with Crippen LogP contribution >= 0.6 is 0 Å². The zero-order chi connectivity index (χ0) is 9.68. The van der Waals surface area contributed by atoms with E-state index >= 15 is 0 Å². The zero-order valence-electron chi connectivity index (χ0n) is 9.05. The Bertz CT molecular complexity index is 136. The van der Waals surface area contributed by atoms with E-state index in [0.717, 1.165) is 24.9 Å². The van der Waals surface area contributed by atoms with E-state index in [9.17, 15) is 0 Å². The molecule has 1 fully saturated rings. The van der Waals surface area contributed by atoms with E-state index in [0.29, 0.717) is 6.04 Å². The molecule has 1 rings (SSSR count). The van der Waals surface area contributed by atoms with E-state index in [2.05, 4.69) is 19.2 Å². The van der Waals surface area contributed by atoms with Crippen molar-refractivity contribution in [3.05, 3.63) is 0 Å². The monoisotopic (exact) mass is 184 g/mol. The SMILES string of the molecule is CCCC(N)CNC1CC1CCC. The summed E-state index contributed by atoms with van der Waals surface area (Å²) in [6.07, 6.45) is 6.45. The second kappa shape index (κ2) is 5.61. The van der Waals surface area contributed by atoms with Crippen LogP contribution in [0.5, 0.6) is 0 Å². The van der Waals surface area contributed by atoms with Gasteiger partial charge < -0.3 is 11.1 Å². The number of hydrogen-bond acceptors (Lipinski definition) is 2. The molecule has 0 spiro atoms. The molecule has 13 heavy (non-hydrogen) atoms. The highest BCUT2D eigenvalue weighted by molar-refractivity contribution is 4.93. The molecule has 1 aliphatic rings. The second-order valence-electron chi connectivity index (χ2n) is 4.35. The molecule has 1 aliphatic carbocycles. The molecule has 0 bridgehead atoms. The minimum absolute atomic E-state index is 0.368. The topological polar surface area (TPSA) is 38.0 Å². The molecule has 0 heterocycles. The van der Waals surface area contributed by atoms with Crippen LogP contribution < -0.4 is 11.1 Å². The summed E-state index contributed by atoms with van der Waals surface area (Å²) in [6, 6.07) is 1.16. The van der Waals surface area contributed by atoms with Crippen molar-refractivity contribution in [2.24, 2.45) is 11.7 Å². The summed E-state index contributed by atoms with van der Waals surface area (Å²) in [6.45, 7) is 5.47. The molecule has 0 aromatic rings. The highest BCUT2D eigenvalue weighted by atomic mass is 15.0. The fraction of sp³-hybridized carbons (Fsp3) is 1.00. The quantitative estimate of drug-likeness (QED) is 0.634. The molecule has 0 saturated heterocycles. The third-order valence-corrected chi connectivity index (χ3v) is 2.88. The molecule has 0 aromatic carbocycles. The van der Waals surface area contributed by atoms with Gasteiger partial charge >= 0.3 is 0 Å². The van der Waals surface area contributed by atoms with Gasteiger partial charge in [-0.05, 0) is 25.2 Å². The lowest BCUT2D eigenvalue weighted by Gasteiger charge is -2.11. The van der Waals surface area contributed by atoms with Gasteiger partial charge in [-0.2, -0.15) is 0 Å². The molecule has 3 unspecified atom stereocenters. The van der Waals surface area contributed by atoms with E-state index in [1.807, 2.05) is 0 Å². The smallest absolute Gasteiger partial charge is 0.0165 e. The highest BCUT2D eigenvalue weighted by Crippen LogP contribution is 2.34. The van der Waals surface area contributed by atoms with Gasteiger partial charge in [-0.3, -0.25) is 0 Å². The van der Waals surface area contributed by atoms with Crippen molar-refractivity contribution in [3.63, 3.8) is 0 Å². The van der Waals surface area contributed by atoms with Crippen molar-refractivity contribution in [2.75, 3.05) is 6.54 Å². The van der Waals surface area contributed by atoms with Crippen molar-refractivity contribution < 1.29 is 0 Å². The fourth-order valence-corrected chi connectivity index (χ4v) is 1.96. The van der Waals surface area contributed by atoms with Crippen LogP contribution in [0.25, 0.3) is 0 Å². The van der Waals surface area contributed by atoms with Gasteiger partial charge in [-0.15, -0.1) is 0 Å². The molecule has 0 aliphatic heterocycles. The van der Waals surface area contributed by atoms with E-state index in [-0.39, 0.29) is 0 Å². The Hall–Kier alpha value is -0.0800. The molecule has 1 saturated carbocycles. The fourth-order valence-electron chi connectivity index (χ4n) is 1.96. The van der Waals surface area contributed by atoms with Crippen LogP contribution in [-0.2, 0) is 0 Å². The van der Waals surface area contributed by atoms with Gasteiger partial charge in [0, 0.05) is 18.6 Å². The number of hydrogen-bond donors (Lipinski definition) is 2. The van der Waals surface area contributed by atoms with Crippen molar-refractivity contribution in [3.8, 4) is 0 Å². The van der Waals surface area contributed by atoms with Gasteiger partial charge in [0.2, 0.25) is 0 Å². The summed E-state index contributed by atoms with van der Waals surface area (Å²) in [5.41, 5.74) is 5.92. The van der Waals surface area contributed by atoms with Crippen molar-refractivity contribution in [1.29, 1.82) is 0 Å². The minimum atomic E-state index is 0.368. The van der Waals surface area contributed by atoms with Crippen LogP contribution in [0, 0.1) is 5.92 Å². The van der Waals surface area contributed by atoms with Crippen LogP contribution in [-0.4, -0.2) is 18.6 Å². The second-order valence-corrected chi connectivity index (χ2v) is 4.35. The van der Waals surface area contributed by atoms with Crippen LogP contribution in [0.4, 0.5) is 0 Å². The lowest BCUT2D eigenvalue weighted by Crippen LogP contribution is -2.35. The Labute approximate surface area is 82.3 Å². The summed E-state index contributed by atoms with van der Waals surface area (Å²) in [4.78, 5) is 0. The van der Waals surface area contributed by atoms with Crippen LogP contribution in [0.1, 0.15) is 46.0 Å². The predicted octanol–water partition coefficient (Wildman–Crippen LogP) is 1.89. The Morgan fingerprint density at radius 3 is 2.77 bits per heavy atom. The number of nitrogens with one attached hydrogen (secondary N) is 1. The lowest BCUT2D eigenvalue weighted by atomic mass is 10.2. The van der Waals surface area contributed by atoms with Crippen molar-refractivity contribution in [1.82, 2.24) is 5.32 Å². The highest BCUT2D eigenvalue weighted by Gasteiger charge is 2.35. The van der Waals surface area contributed by atoms with E-state index in [1.165, 1.54) is 25.7 Å². The molecule has 2 heteroatoms. The average molecular weight is 184 g/mol. The first kappa shape index (κ1) is 11.0. The Balaban J connectivity index is 1.95. The third kappa shape index (κ3) is 4.10. The minimum Gasteiger partial charge on any atom is -0.327 e. The summed E-state index contributed by atoms with van der Waals surface area (Å²) < 4.78 is 0.